The number of pyridine rings is 6. The van der Waals surface area contributed by atoms with Crippen molar-refractivity contribution in [1.29, 1.82) is 0 Å². The summed E-state index contributed by atoms with van der Waals surface area (Å²) in [6, 6.07) is 52.6. The molecule has 21 heteroatoms. The van der Waals surface area contributed by atoms with Gasteiger partial charge in [-0.15, -0.1) is 5.10 Å². The Morgan fingerprint density at radius 1 is 0.468 bits per heavy atom. The van der Waals surface area contributed by atoms with Crippen molar-refractivity contribution in [3.63, 3.8) is 0 Å². The second-order valence-electron chi connectivity index (χ2n) is 23.2. The first-order valence-electron chi connectivity index (χ1n) is 30.9. The summed E-state index contributed by atoms with van der Waals surface area (Å²) >= 11 is 0. The summed E-state index contributed by atoms with van der Waals surface area (Å²) in [5, 5.41) is 25.0. The van der Waals surface area contributed by atoms with E-state index >= 15 is 0 Å². The number of hydrogen-bond donors (Lipinski definition) is 6. The highest BCUT2D eigenvalue weighted by Gasteiger charge is 2.22. The van der Waals surface area contributed by atoms with Crippen molar-refractivity contribution in [1.82, 2.24) is 88.6 Å². The van der Waals surface area contributed by atoms with Crippen LogP contribution in [-0.2, 0) is 26.1 Å². The molecule has 94 heavy (non-hydrogen) atoms. The summed E-state index contributed by atoms with van der Waals surface area (Å²) in [7, 11) is 0. The van der Waals surface area contributed by atoms with Crippen molar-refractivity contribution in [2.45, 2.75) is 59.7 Å². The molecule has 1 atom stereocenters. The summed E-state index contributed by atoms with van der Waals surface area (Å²) in [5.74, 6) is 3.71. The van der Waals surface area contributed by atoms with Crippen molar-refractivity contribution in [3.05, 3.63) is 253 Å². The molecule has 0 amide bonds. The maximum Gasteiger partial charge on any atom is 0.182 e. The van der Waals surface area contributed by atoms with E-state index in [4.69, 9.17) is 50.1 Å². The number of anilines is 3. The van der Waals surface area contributed by atoms with E-state index in [0.29, 0.717) is 37.5 Å². The molecule has 0 aliphatic heterocycles. The van der Waals surface area contributed by atoms with Crippen molar-refractivity contribution in [2.75, 3.05) is 16.0 Å². The van der Waals surface area contributed by atoms with Gasteiger partial charge in [-0.1, -0.05) is 74.7 Å². The number of hydrogen-bond acceptors (Lipinski definition) is 15. The standard InChI is InChI=1S/C73H63N21/c1-7-47-16-12-17-55(34-47)75-37-62-84-69(71(87-62)58-19-10-14-45(5)80-58)53-26-32-66-89-73(91-94(66)41-53)50-23-29-56(48(8-2)35-50)76-38-63-85-68(72(88-63)59-20-11-15-46(6)81-59)52-25-31-65-82-60(90-93(65)40-52)33-43(3)49-21-27-54(28-22-49)74-36-61-83-67(51-24-30-64-77-42-78-92(64)39-51)70(86-61)57-18-9-13-44(4)79-57/h7-32,34-35,39-43,74-76H,1-2,33,36-38H2,3-6H3,(H,83,86)(H,84,87)(H,85,88). The molecule has 12 aromatic heterocycles. The molecule has 12 heterocycles. The highest BCUT2D eigenvalue weighted by atomic mass is 15.3. The second kappa shape index (κ2) is 24.7. The molecule has 0 radical (unpaired) electrons. The molecule has 0 saturated heterocycles. The maximum absolute atomic E-state index is 5.21. The summed E-state index contributed by atoms with van der Waals surface area (Å²) in [4.78, 5) is 54.9. The van der Waals surface area contributed by atoms with Gasteiger partial charge in [-0.05, 0) is 159 Å². The molecule has 21 nitrogen and oxygen atoms in total. The Bertz CT molecular complexity index is 5330. The molecule has 3 aromatic carbocycles. The number of nitrogens with zero attached hydrogens (tertiary/aromatic N) is 15. The third-order valence-corrected chi connectivity index (χ3v) is 16.5. The molecule has 6 N–H and O–H groups in total. The predicted octanol–water partition coefficient (Wildman–Crippen LogP) is 14.2. The van der Waals surface area contributed by atoms with Crippen LogP contribution in [0.2, 0.25) is 0 Å². The van der Waals surface area contributed by atoms with Crippen LogP contribution in [0.1, 0.15) is 69.9 Å². The maximum atomic E-state index is 5.21. The van der Waals surface area contributed by atoms with Crippen LogP contribution in [0.5, 0.6) is 0 Å². The number of aryl methyl sites for hydroxylation is 3. The number of benzene rings is 3. The van der Waals surface area contributed by atoms with Crippen molar-refractivity contribution in [2.24, 2.45) is 0 Å². The van der Waals surface area contributed by atoms with E-state index in [1.54, 1.807) is 15.4 Å². The number of fused-ring (bicyclic) bond motifs is 3. The van der Waals surface area contributed by atoms with Crippen LogP contribution in [0.3, 0.4) is 0 Å². The van der Waals surface area contributed by atoms with Gasteiger partial charge >= 0.3 is 0 Å². The SMILES string of the molecule is C=Cc1cccc(NCc2nc(-c3ccc4nc(-c5ccc(NCc6nc(-c7ccc8nc(CC(C)c9ccc(NCc%10nc(-c%11ccc%12ncnn%12c%11)c(-c%11cccc(C)n%11)[nH]%10)cc9)nn8c7)c(-c7cccc(C)n7)[nH]6)c(C=C)c5)nn4c3)c(-c3cccc(C)n3)[nH]2)c1. The van der Waals surface area contributed by atoms with Crippen LogP contribution in [0.15, 0.2) is 196 Å². The summed E-state index contributed by atoms with van der Waals surface area (Å²) in [6.07, 6.45) is 11.7. The fraction of sp³-hybridized carbons (Fsp3) is 0.123. The molecule has 460 valence electrons. The third-order valence-electron chi connectivity index (χ3n) is 16.5. The lowest BCUT2D eigenvalue weighted by atomic mass is 9.97. The molecule has 0 fully saturated rings. The fourth-order valence-corrected chi connectivity index (χ4v) is 11.7. The van der Waals surface area contributed by atoms with Gasteiger partial charge in [0.1, 0.15) is 23.8 Å². The molecule has 1 unspecified atom stereocenters. The van der Waals surface area contributed by atoms with Gasteiger partial charge in [-0.25, -0.2) is 43.5 Å². The zero-order valence-corrected chi connectivity index (χ0v) is 52.0. The summed E-state index contributed by atoms with van der Waals surface area (Å²) in [5.41, 5.74) is 21.4. The lowest BCUT2D eigenvalue weighted by Gasteiger charge is -2.11. The molecule has 15 rings (SSSR count). The first-order chi connectivity index (χ1) is 46.0. The fourth-order valence-electron chi connectivity index (χ4n) is 11.7. The Labute approximate surface area is 540 Å². The Kier molecular flexibility index (Phi) is 15.2. The Hall–Kier alpha value is -12.5. The smallest absolute Gasteiger partial charge is 0.182 e. The topological polar surface area (TPSA) is 251 Å². The Balaban J connectivity index is 0.626. The van der Waals surface area contributed by atoms with Gasteiger partial charge in [0, 0.05) is 81.4 Å². The zero-order chi connectivity index (χ0) is 63.8. The van der Waals surface area contributed by atoms with Crippen LogP contribution < -0.4 is 16.0 Å². The van der Waals surface area contributed by atoms with E-state index in [-0.39, 0.29) is 5.92 Å². The van der Waals surface area contributed by atoms with E-state index in [1.165, 1.54) is 5.56 Å². The van der Waals surface area contributed by atoms with E-state index in [9.17, 15) is 0 Å². The number of imidazole rings is 3. The van der Waals surface area contributed by atoms with Crippen LogP contribution in [0.4, 0.5) is 17.1 Å². The predicted molar refractivity (Wildman–Crippen MR) is 368 cm³/mol. The molecular formula is C73H63N21. The molecule has 0 aliphatic rings. The largest absolute Gasteiger partial charge is 0.378 e. The lowest BCUT2D eigenvalue weighted by Crippen LogP contribution is -2.03. The van der Waals surface area contributed by atoms with Crippen LogP contribution in [0.25, 0.3) is 108 Å². The van der Waals surface area contributed by atoms with E-state index < -0.39 is 0 Å². The average Bonchev–Trinajstić information content (AvgIpc) is 1.68. The van der Waals surface area contributed by atoms with E-state index in [0.717, 1.165) is 153 Å². The van der Waals surface area contributed by atoms with Gasteiger partial charge in [0.25, 0.3) is 0 Å². The first kappa shape index (κ1) is 57.9. The van der Waals surface area contributed by atoms with Gasteiger partial charge in [0.15, 0.2) is 28.6 Å². The highest BCUT2D eigenvalue weighted by molar-refractivity contribution is 5.80. The van der Waals surface area contributed by atoms with Gasteiger partial charge in [-0.3, -0.25) is 15.0 Å². The van der Waals surface area contributed by atoms with E-state index in [2.05, 4.69) is 91.4 Å². The third kappa shape index (κ3) is 11.9. The molecule has 0 spiro atoms. The van der Waals surface area contributed by atoms with Crippen molar-refractivity contribution < 1.29 is 0 Å². The zero-order valence-electron chi connectivity index (χ0n) is 52.0. The molecule has 15 aromatic rings. The normalized spacial score (nSPS) is 11.8. The van der Waals surface area contributed by atoms with Crippen LogP contribution >= 0.6 is 0 Å². The lowest BCUT2D eigenvalue weighted by molar-refractivity contribution is 0.715. The van der Waals surface area contributed by atoms with Gasteiger partial charge in [0.05, 0.1) is 70.9 Å². The summed E-state index contributed by atoms with van der Waals surface area (Å²) < 4.78 is 5.39. The number of rotatable bonds is 21. The average molecular weight is 1230 g/mol. The van der Waals surface area contributed by atoms with E-state index in [1.807, 2.05) is 183 Å². The van der Waals surface area contributed by atoms with Gasteiger partial charge in [-0.2, -0.15) is 10.2 Å². The summed E-state index contributed by atoms with van der Waals surface area (Å²) in [6.45, 7) is 17.6. The number of nitrogens with one attached hydrogen (secondary N) is 6. The minimum absolute atomic E-state index is 0.141. The minimum atomic E-state index is 0.141. The van der Waals surface area contributed by atoms with Gasteiger partial charge < -0.3 is 30.9 Å². The molecule has 0 bridgehead atoms. The quantitative estimate of drug-likeness (QED) is 0.0391. The molecule has 0 aliphatic carbocycles. The van der Waals surface area contributed by atoms with Gasteiger partial charge in [0.2, 0.25) is 0 Å². The monoisotopic (exact) mass is 1230 g/mol. The minimum Gasteiger partial charge on any atom is -0.378 e. The first-order valence-corrected chi connectivity index (χ1v) is 30.9. The number of H-pyrrole nitrogens is 3. The Morgan fingerprint density at radius 3 is 1.56 bits per heavy atom. The second-order valence-corrected chi connectivity index (χ2v) is 23.2. The van der Waals surface area contributed by atoms with Crippen molar-refractivity contribution in [3.8, 4) is 79.3 Å². The molecule has 0 saturated carbocycles. The highest BCUT2D eigenvalue weighted by Crippen LogP contribution is 2.35. The van der Waals surface area contributed by atoms with Crippen LogP contribution in [-0.4, -0.2) is 88.6 Å². The number of aromatic nitrogens is 18. The van der Waals surface area contributed by atoms with Crippen LogP contribution in [0, 0.1) is 20.8 Å². The van der Waals surface area contributed by atoms with Crippen molar-refractivity contribution >= 4 is 46.2 Å². The molecular weight excluding hydrogens is 1170 g/mol. The number of aromatic amines is 3. The Morgan fingerprint density at radius 2 is 0.989 bits per heavy atom.